The first kappa shape index (κ1) is 15.3. The van der Waals surface area contributed by atoms with Crippen LogP contribution in [0.15, 0.2) is 22.7 Å². The lowest BCUT2D eigenvalue weighted by Gasteiger charge is -2.36. The summed E-state index contributed by atoms with van der Waals surface area (Å²) >= 11 is 3.46. The van der Waals surface area contributed by atoms with E-state index in [2.05, 4.69) is 40.0 Å². The molecule has 1 heterocycles. The van der Waals surface area contributed by atoms with E-state index in [1.165, 1.54) is 0 Å². The maximum atomic E-state index is 12.2. The van der Waals surface area contributed by atoms with Gasteiger partial charge in [0.05, 0.1) is 0 Å². The maximum Gasteiger partial charge on any atom is 0.321 e. The molecule has 2 amide bonds. The maximum absolute atomic E-state index is 12.2. The first-order valence-electron chi connectivity index (χ1n) is 7.03. The fourth-order valence-corrected chi connectivity index (χ4v) is 2.61. The van der Waals surface area contributed by atoms with E-state index in [0.717, 1.165) is 41.9 Å². The fourth-order valence-electron chi connectivity index (χ4n) is 2.37. The van der Waals surface area contributed by atoms with E-state index in [1.54, 1.807) is 0 Å². The second-order valence-electron chi connectivity index (χ2n) is 5.51. The quantitative estimate of drug-likeness (QED) is 0.897. The molecular weight excluding hydrogens is 318 g/mol. The van der Waals surface area contributed by atoms with Crippen LogP contribution in [0.1, 0.15) is 19.4 Å². The third-order valence-electron chi connectivity index (χ3n) is 3.74. The Morgan fingerprint density at radius 2 is 1.90 bits per heavy atom. The van der Waals surface area contributed by atoms with Gasteiger partial charge < -0.3 is 10.2 Å². The molecule has 1 aliphatic rings. The first-order chi connectivity index (χ1) is 9.47. The average Bonchev–Trinajstić information content (AvgIpc) is 2.43. The third-order valence-corrected chi connectivity index (χ3v) is 4.63. The second kappa shape index (κ2) is 6.59. The highest BCUT2D eigenvalue weighted by molar-refractivity contribution is 9.10. The molecule has 110 valence electrons. The number of anilines is 1. The minimum Gasteiger partial charge on any atom is -0.322 e. The molecule has 1 fully saturated rings. The van der Waals surface area contributed by atoms with Crippen LogP contribution < -0.4 is 5.32 Å². The zero-order chi connectivity index (χ0) is 14.7. The molecule has 2 rings (SSSR count). The van der Waals surface area contributed by atoms with Crippen molar-refractivity contribution < 1.29 is 4.79 Å². The van der Waals surface area contributed by atoms with Gasteiger partial charge in [0.25, 0.3) is 0 Å². The van der Waals surface area contributed by atoms with Crippen molar-refractivity contribution in [1.82, 2.24) is 9.80 Å². The van der Waals surface area contributed by atoms with Gasteiger partial charge in [-0.25, -0.2) is 4.79 Å². The number of piperazine rings is 1. The van der Waals surface area contributed by atoms with E-state index in [1.807, 2.05) is 30.0 Å². The molecule has 5 heteroatoms. The van der Waals surface area contributed by atoms with Gasteiger partial charge in [-0.1, -0.05) is 15.9 Å². The standard InChI is InChI=1S/C15H22BrN3O/c1-11(2)18-6-8-19(9-7-18)15(20)17-13-4-5-14(16)12(3)10-13/h4-5,10-11H,6-9H2,1-3H3,(H,17,20). The summed E-state index contributed by atoms with van der Waals surface area (Å²) in [6.07, 6.45) is 0. The Kier molecular flexibility index (Phi) is 5.05. The lowest BCUT2D eigenvalue weighted by atomic mass is 10.2. The van der Waals surface area contributed by atoms with Crippen LogP contribution in [0.25, 0.3) is 0 Å². The molecule has 0 saturated carbocycles. The zero-order valence-electron chi connectivity index (χ0n) is 12.3. The van der Waals surface area contributed by atoms with Crippen molar-refractivity contribution in [3.05, 3.63) is 28.2 Å². The molecule has 0 spiro atoms. The van der Waals surface area contributed by atoms with Gasteiger partial charge in [-0.05, 0) is 44.5 Å². The highest BCUT2D eigenvalue weighted by atomic mass is 79.9. The molecule has 0 aliphatic carbocycles. The van der Waals surface area contributed by atoms with Gasteiger partial charge in [-0.3, -0.25) is 4.90 Å². The number of nitrogens with one attached hydrogen (secondary N) is 1. The number of halogens is 1. The average molecular weight is 340 g/mol. The number of nitrogens with zero attached hydrogens (tertiary/aromatic N) is 2. The Labute approximate surface area is 129 Å². The Morgan fingerprint density at radius 1 is 1.25 bits per heavy atom. The van der Waals surface area contributed by atoms with Gasteiger partial charge in [-0.2, -0.15) is 0 Å². The van der Waals surface area contributed by atoms with Crippen molar-refractivity contribution in [2.75, 3.05) is 31.5 Å². The summed E-state index contributed by atoms with van der Waals surface area (Å²) in [5, 5.41) is 2.97. The number of amides is 2. The summed E-state index contributed by atoms with van der Waals surface area (Å²) < 4.78 is 1.06. The van der Waals surface area contributed by atoms with Crippen LogP contribution in [0.5, 0.6) is 0 Å². The molecule has 4 nitrogen and oxygen atoms in total. The number of carbonyl (C=O) groups excluding carboxylic acids is 1. The van der Waals surface area contributed by atoms with Crippen LogP contribution >= 0.6 is 15.9 Å². The molecule has 1 aromatic carbocycles. The fraction of sp³-hybridized carbons (Fsp3) is 0.533. The Hall–Kier alpha value is -1.07. The summed E-state index contributed by atoms with van der Waals surface area (Å²) in [6.45, 7) is 9.88. The number of aryl methyl sites for hydroxylation is 1. The van der Waals surface area contributed by atoms with Crippen molar-refractivity contribution in [2.45, 2.75) is 26.8 Å². The van der Waals surface area contributed by atoms with Gasteiger partial charge in [-0.15, -0.1) is 0 Å². The van der Waals surface area contributed by atoms with Gasteiger partial charge in [0.1, 0.15) is 0 Å². The summed E-state index contributed by atoms with van der Waals surface area (Å²) in [7, 11) is 0. The summed E-state index contributed by atoms with van der Waals surface area (Å²) in [5.74, 6) is 0. The molecule has 0 unspecified atom stereocenters. The van der Waals surface area contributed by atoms with Crippen LogP contribution in [-0.4, -0.2) is 48.1 Å². The van der Waals surface area contributed by atoms with Crippen LogP contribution in [-0.2, 0) is 0 Å². The SMILES string of the molecule is Cc1cc(NC(=O)N2CCN(C(C)C)CC2)ccc1Br. The molecule has 1 aromatic rings. The first-order valence-corrected chi connectivity index (χ1v) is 7.83. The summed E-state index contributed by atoms with van der Waals surface area (Å²) in [5.41, 5.74) is 1.97. The van der Waals surface area contributed by atoms with Crippen LogP contribution in [0, 0.1) is 6.92 Å². The Bertz CT molecular complexity index is 482. The van der Waals surface area contributed by atoms with E-state index in [9.17, 15) is 4.79 Å². The number of hydrogen-bond acceptors (Lipinski definition) is 2. The van der Waals surface area contributed by atoms with Crippen LogP contribution in [0.3, 0.4) is 0 Å². The summed E-state index contributed by atoms with van der Waals surface area (Å²) in [4.78, 5) is 16.5. The van der Waals surface area contributed by atoms with Gasteiger partial charge in [0, 0.05) is 42.4 Å². The molecule has 20 heavy (non-hydrogen) atoms. The predicted octanol–water partition coefficient (Wildman–Crippen LogP) is 3.32. The van der Waals surface area contributed by atoms with Gasteiger partial charge in [0.15, 0.2) is 0 Å². The number of rotatable bonds is 2. The van der Waals surface area contributed by atoms with Crippen molar-refractivity contribution in [3.8, 4) is 0 Å². The van der Waals surface area contributed by atoms with Crippen LogP contribution in [0.4, 0.5) is 10.5 Å². The lowest BCUT2D eigenvalue weighted by molar-refractivity contribution is 0.125. The highest BCUT2D eigenvalue weighted by Crippen LogP contribution is 2.20. The van der Waals surface area contributed by atoms with E-state index < -0.39 is 0 Å². The van der Waals surface area contributed by atoms with Gasteiger partial charge in [0.2, 0.25) is 0 Å². The number of hydrogen-bond donors (Lipinski definition) is 1. The normalized spacial score (nSPS) is 16.6. The predicted molar refractivity (Wildman–Crippen MR) is 86.2 cm³/mol. The number of benzene rings is 1. The van der Waals surface area contributed by atoms with Gasteiger partial charge >= 0.3 is 6.03 Å². The lowest BCUT2D eigenvalue weighted by Crippen LogP contribution is -2.51. The molecule has 0 aromatic heterocycles. The molecule has 1 saturated heterocycles. The smallest absolute Gasteiger partial charge is 0.321 e. The summed E-state index contributed by atoms with van der Waals surface area (Å²) in [6, 6.07) is 6.40. The Morgan fingerprint density at radius 3 is 2.45 bits per heavy atom. The minimum atomic E-state index is -0.00451. The topological polar surface area (TPSA) is 35.6 Å². The molecule has 1 aliphatic heterocycles. The molecule has 0 atom stereocenters. The van der Waals surface area contributed by atoms with Crippen molar-refractivity contribution in [1.29, 1.82) is 0 Å². The van der Waals surface area contributed by atoms with Crippen molar-refractivity contribution in [3.63, 3.8) is 0 Å². The zero-order valence-corrected chi connectivity index (χ0v) is 13.9. The van der Waals surface area contributed by atoms with Crippen LogP contribution in [0.2, 0.25) is 0 Å². The molecule has 1 N–H and O–H groups in total. The van der Waals surface area contributed by atoms with Crippen molar-refractivity contribution >= 4 is 27.6 Å². The largest absolute Gasteiger partial charge is 0.322 e. The second-order valence-corrected chi connectivity index (χ2v) is 6.37. The molecular formula is C15H22BrN3O. The number of urea groups is 1. The number of carbonyl (C=O) groups is 1. The third kappa shape index (κ3) is 3.73. The van der Waals surface area contributed by atoms with E-state index in [0.29, 0.717) is 6.04 Å². The Balaban J connectivity index is 1.91. The highest BCUT2D eigenvalue weighted by Gasteiger charge is 2.22. The van der Waals surface area contributed by atoms with E-state index in [4.69, 9.17) is 0 Å². The van der Waals surface area contributed by atoms with E-state index in [-0.39, 0.29) is 6.03 Å². The molecule has 0 bridgehead atoms. The monoisotopic (exact) mass is 339 g/mol. The van der Waals surface area contributed by atoms with E-state index >= 15 is 0 Å². The van der Waals surface area contributed by atoms with Crippen molar-refractivity contribution in [2.24, 2.45) is 0 Å². The molecule has 0 radical (unpaired) electrons. The minimum absolute atomic E-state index is 0.00451.